The summed E-state index contributed by atoms with van der Waals surface area (Å²) >= 11 is 0. The van der Waals surface area contributed by atoms with Gasteiger partial charge in [0.2, 0.25) is 0 Å². The van der Waals surface area contributed by atoms with Gasteiger partial charge < -0.3 is 25.2 Å². The normalized spacial score (nSPS) is 22.4. The van der Waals surface area contributed by atoms with Crippen LogP contribution in [-0.2, 0) is 0 Å². The zero-order valence-electron chi connectivity index (χ0n) is 22.8. The molecule has 4 aliphatic rings. The second-order valence-electron chi connectivity index (χ2n) is 11.0. The van der Waals surface area contributed by atoms with Crippen LogP contribution in [0.3, 0.4) is 0 Å². The summed E-state index contributed by atoms with van der Waals surface area (Å²) in [5, 5.41) is 20.5. The minimum absolute atomic E-state index is 0.00100. The molecule has 10 nitrogen and oxygen atoms in total. The lowest BCUT2D eigenvalue weighted by Gasteiger charge is -2.34. The first-order chi connectivity index (χ1) is 20.3. The maximum absolute atomic E-state index is 14.3. The zero-order chi connectivity index (χ0) is 29.3. The summed E-state index contributed by atoms with van der Waals surface area (Å²) in [6, 6.07) is 5.82. The molecule has 0 saturated carbocycles. The summed E-state index contributed by atoms with van der Waals surface area (Å²) in [7, 11) is 0. The van der Waals surface area contributed by atoms with Gasteiger partial charge >= 0.3 is 0 Å². The Morgan fingerprint density at radius 3 is 2.83 bits per heavy atom. The van der Waals surface area contributed by atoms with Crippen molar-refractivity contribution in [3.8, 4) is 11.8 Å². The molecule has 6 rings (SSSR count). The van der Waals surface area contributed by atoms with E-state index in [-0.39, 0.29) is 36.2 Å². The molecule has 1 aromatic heterocycles. The van der Waals surface area contributed by atoms with Gasteiger partial charge in [-0.3, -0.25) is 9.48 Å². The highest BCUT2D eigenvalue weighted by Crippen LogP contribution is 2.30. The summed E-state index contributed by atoms with van der Waals surface area (Å²) < 4.78 is 49.4. The van der Waals surface area contributed by atoms with E-state index in [1.165, 1.54) is 12.1 Å². The average molecular weight is 581 g/mol. The molecule has 1 amide bonds. The second-order valence-corrected chi connectivity index (χ2v) is 11.0. The van der Waals surface area contributed by atoms with E-state index < -0.39 is 30.6 Å². The number of ether oxygens (including phenoxy) is 1. The smallest absolute Gasteiger partial charge is 0.267 e. The Labute approximate surface area is 241 Å². The van der Waals surface area contributed by atoms with E-state index in [9.17, 15) is 23.2 Å². The fourth-order valence-electron chi connectivity index (χ4n) is 5.82. The SMILES string of the molecule is N#CCC(CN1CCC(Oc2cc(F)cc(C(=O)N3CCC(F)(F)C3)c2)CC1)n1cc(C2=C3C=CNC3N=CN2)cn1. The number of halogens is 3. The lowest BCUT2D eigenvalue weighted by molar-refractivity contribution is 0.0120. The number of aliphatic imine (C=N–C) groups is 1. The number of nitriles is 1. The van der Waals surface area contributed by atoms with Crippen LogP contribution in [0.15, 0.2) is 53.4 Å². The fraction of sp³-hybridized carbons (Fsp3) is 0.448. The average Bonchev–Trinajstić information content (AvgIpc) is 3.73. The Morgan fingerprint density at radius 1 is 1.24 bits per heavy atom. The number of rotatable bonds is 8. The van der Waals surface area contributed by atoms with E-state index in [1.807, 2.05) is 23.2 Å². The number of nitrogens with one attached hydrogen (secondary N) is 2. The fourth-order valence-corrected chi connectivity index (χ4v) is 5.82. The molecular weight excluding hydrogens is 549 g/mol. The first-order valence-electron chi connectivity index (χ1n) is 14.0. The molecule has 0 bridgehead atoms. The summed E-state index contributed by atoms with van der Waals surface area (Å²) in [4.78, 5) is 20.4. The number of carbonyl (C=O) groups is 1. The molecule has 0 aliphatic carbocycles. The molecule has 2 aromatic rings. The summed E-state index contributed by atoms with van der Waals surface area (Å²) in [5.74, 6) is -3.99. The molecule has 2 atom stereocenters. The molecule has 0 spiro atoms. The number of fused-ring (bicyclic) bond motifs is 1. The molecule has 42 heavy (non-hydrogen) atoms. The van der Waals surface area contributed by atoms with Crippen LogP contribution in [0.2, 0.25) is 0 Å². The van der Waals surface area contributed by atoms with Crippen molar-refractivity contribution in [2.45, 2.75) is 49.9 Å². The van der Waals surface area contributed by atoms with Crippen LogP contribution in [0.4, 0.5) is 13.2 Å². The molecule has 0 radical (unpaired) electrons. The quantitative estimate of drug-likeness (QED) is 0.493. The van der Waals surface area contributed by atoms with Gasteiger partial charge in [-0.2, -0.15) is 10.4 Å². The molecule has 5 heterocycles. The number of carbonyl (C=O) groups excluding carboxylic acids is 1. The Hall–Kier alpha value is -4.31. The Kier molecular flexibility index (Phi) is 7.64. The predicted octanol–water partition coefficient (Wildman–Crippen LogP) is 3.29. The lowest BCUT2D eigenvalue weighted by Crippen LogP contribution is -2.41. The molecule has 13 heteroatoms. The van der Waals surface area contributed by atoms with Gasteiger partial charge in [-0.15, -0.1) is 0 Å². The highest BCUT2D eigenvalue weighted by molar-refractivity contribution is 5.95. The van der Waals surface area contributed by atoms with Crippen molar-refractivity contribution in [2.24, 2.45) is 4.99 Å². The van der Waals surface area contributed by atoms with Crippen molar-refractivity contribution in [1.82, 2.24) is 30.2 Å². The maximum Gasteiger partial charge on any atom is 0.267 e. The van der Waals surface area contributed by atoms with Crippen LogP contribution >= 0.6 is 0 Å². The van der Waals surface area contributed by atoms with Crippen LogP contribution in [0, 0.1) is 17.1 Å². The van der Waals surface area contributed by atoms with Gasteiger partial charge in [-0.25, -0.2) is 18.2 Å². The molecule has 2 saturated heterocycles. The van der Waals surface area contributed by atoms with Crippen molar-refractivity contribution < 1.29 is 22.7 Å². The zero-order valence-corrected chi connectivity index (χ0v) is 22.8. The number of alkyl halides is 2. The molecule has 1 aromatic carbocycles. The van der Waals surface area contributed by atoms with Crippen LogP contribution < -0.4 is 15.4 Å². The molecule has 4 aliphatic heterocycles. The van der Waals surface area contributed by atoms with Gasteiger partial charge in [0.25, 0.3) is 11.8 Å². The van der Waals surface area contributed by atoms with E-state index in [0.717, 1.165) is 27.8 Å². The number of hydrogen-bond acceptors (Lipinski definition) is 8. The third kappa shape index (κ3) is 5.99. The number of nitrogens with zero attached hydrogens (tertiary/aromatic N) is 6. The third-order valence-corrected chi connectivity index (χ3v) is 8.01. The maximum atomic E-state index is 14.3. The van der Waals surface area contributed by atoms with Crippen molar-refractivity contribution in [2.75, 3.05) is 32.7 Å². The molecule has 2 fully saturated rings. The van der Waals surface area contributed by atoms with E-state index in [2.05, 4.69) is 31.7 Å². The van der Waals surface area contributed by atoms with Crippen molar-refractivity contribution in [1.29, 1.82) is 5.26 Å². The Morgan fingerprint density at radius 2 is 2.07 bits per heavy atom. The number of benzene rings is 1. The number of aromatic nitrogens is 2. The number of piperidine rings is 1. The lowest BCUT2D eigenvalue weighted by atomic mass is 10.1. The number of amides is 1. The van der Waals surface area contributed by atoms with Crippen molar-refractivity contribution in [3.05, 3.63) is 65.4 Å². The standard InChI is InChI=1S/C29H31F3N8O2/c30-21-11-19(28(41)39-10-5-29(31,32)17-39)12-24(13-21)42-23-3-8-38(9-4-23)16-22(1-6-33)40-15-20(14-37-40)26-25-2-7-34-27(25)36-18-35-26/h2,7,11-15,18,22-23,27,34H,1,3-5,8-10,16-17H2,(H,35,36). The summed E-state index contributed by atoms with van der Waals surface area (Å²) in [6.45, 7) is 1.31. The van der Waals surface area contributed by atoms with E-state index in [0.29, 0.717) is 38.9 Å². The van der Waals surface area contributed by atoms with Gasteiger partial charge in [0, 0.05) is 61.6 Å². The largest absolute Gasteiger partial charge is 0.490 e. The van der Waals surface area contributed by atoms with Gasteiger partial charge in [0.15, 0.2) is 0 Å². The van der Waals surface area contributed by atoms with Crippen LogP contribution in [0.25, 0.3) is 5.70 Å². The highest BCUT2D eigenvalue weighted by atomic mass is 19.3. The monoisotopic (exact) mass is 580 g/mol. The summed E-state index contributed by atoms with van der Waals surface area (Å²) in [6.07, 6.45) is 10.2. The number of hydrogen-bond donors (Lipinski definition) is 2. The number of likely N-dealkylation sites (tertiary alicyclic amines) is 2. The topological polar surface area (TPSA) is 111 Å². The Bertz CT molecular complexity index is 1470. The Balaban J connectivity index is 1.05. The van der Waals surface area contributed by atoms with Crippen LogP contribution in [-0.4, -0.2) is 82.7 Å². The first kappa shape index (κ1) is 27.8. The van der Waals surface area contributed by atoms with E-state index in [1.54, 1.807) is 12.5 Å². The molecule has 2 unspecified atom stereocenters. The molecule has 220 valence electrons. The predicted molar refractivity (Wildman–Crippen MR) is 148 cm³/mol. The van der Waals surface area contributed by atoms with Gasteiger partial charge in [-0.05, 0) is 37.3 Å². The van der Waals surface area contributed by atoms with Crippen molar-refractivity contribution in [3.63, 3.8) is 0 Å². The minimum atomic E-state index is -2.92. The van der Waals surface area contributed by atoms with Crippen LogP contribution in [0.1, 0.15) is 47.6 Å². The van der Waals surface area contributed by atoms with Gasteiger partial charge in [0.05, 0.1) is 43.3 Å². The van der Waals surface area contributed by atoms with E-state index >= 15 is 0 Å². The molecular formula is C29H31F3N8O2. The third-order valence-electron chi connectivity index (χ3n) is 8.01. The van der Waals surface area contributed by atoms with Crippen molar-refractivity contribution >= 4 is 17.9 Å². The first-order valence-corrected chi connectivity index (χ1v) is 14.0. The van der Waals surface area contributed by atoms with E-state index in [4.69, 9.17) is 4.74 Å². The molecule has 2 N–H and O–H groups in total. The van der Waals surface area contributed by atoms with Gasteiger partial charge in [-0.1, -0.05) is 0 Å². The van der Waals surface area contributed by atoms with Gasteiger partial charge in [0.1, 0.15) is 23.8 Å². The minimum Gasteiger partial charge on any atom is -0.490 e. The second kappa shape index (κ2) is 11.5. The van der Waals surface area contributed by atoms with Crippen LogP contribution in [0.5, 0.6) is 5.75 Å². The summed E-state index contributed by atoms with van der Waals surface area (Å²) in [5.41, 5.74) is 2.87. The highest BCUT2D eigenvalue weighted by Gasteiger charge is 2.40.